The Morgan fingerprint density at radius 3 is 2.68 bits per heavy atom. The highest BCUT2D eigenvalue weighted by atomic mass is 16.5. The summed E-state index contributed by atoms with van der Waals surface area (Å²) < 4.78 is 5.06. The predicted octanol–water partition coefficient (Wildman–Crippen LogP) is 2.38. The zero-order valence-corrected chi connectivity index (χ0v) is 10.8. The molecule has 2 N–H and O–H groups in total. The summed E-state index contributed by atoms with van der Waals surface area (Å²) in [6, 6.07) is 7.45. The van der Waals surface area contributed by atoms with Crippen LogP contribution in [0.15, 0.2) is 36.5 Å². The maximum atomic E-state index is 11.7. The molecular formula is C14H15N3O2. The van der Waals surface area contributed by atoms with E-state index in [4.69, 9.17) is 4.74 Å². The van der Waals surface area contributed by atoms with Crippen LogP contribution in [0.3, 0.4) is 0 Å². The summed E-state index contributed by atoms with van der Waals surface area (Å²) >= 11 is 0. The van der Waals surface area contributed by atoms with Crippen LogP contribution in [0.25, 0.3) is 6.08 Å². The molecule has 0 radical (unpaired) electrons. The van der Waals surface area contributed by atoms with E-state index in [1.165, 1.54) is 6.08 Å². The van der Waals surface area contributed by atoms with Gasteiger partial charge in [-0.2, -0.15) is 5.10 Å². The van der Waals surface area contributed by atoms with Gasteiger partial charge in [0.05, 0.1) is 13.3 Å². The lowest BCUT2D eigenvalue weighted by Crippen LogP contribution is -2.08. The first-order valence-corrected chi connectivity index (χ1v) is 5.82. The number of benzene rings is 1. The Bertz CT molecular complexity index is 585. The molecule has 98 valence electrons. The van der Waals surface area contributed by atoms with E-state index in [1.54, 1.807) is 19.4 Å². The van der Waals surface area contributed by atoms with Crippen LogP contribution in [-0.2, 0) is 4.79 Å². The molecule has 0 aliphatic carbocycles. The Morgan fingerprint density at radius 1 is 1.37 bits per heavy atom. The van der Waals surface area contributed by atoms with Crippen LogP contribution < -0.4 is 10.1 Å². The monoisotopic (exact) mass is 257 g/mol. The average molecular weight is 257 g/mol. The van der Waals surface area contributed by atoms with Gasteiger partial charge >= 0.3 is 0 Å². The molecule has 0 spiro atoms. The number of carbonyl (C=O) groups excluding carboxylic acids is 1. The molecule has 0 unspecified atom stereocenters. The van der Waals surface area contributed by atoms with E-state index in [9.17, 15) is 4.79 Å². The molecule has 1 aromatic heterocycles. The number of aryl methyl sites for hydroxylation is 1. The van der Waals surface area contributed by atoms with E-state index in [0.717, 1.165) is 16.9 Å². The van der Waals surface area contributed by atoms with E-state index in [0.29, 0.717) is 5.82 Å². The zero-order chi connectivity index (χ0) is 13.7. The third kappa shape index (κ3) is 3.45. The first kappa shape index (κ1) is 12.9. The summed E-state index contributed by atoms with van der Waals surface area (Å²) in [5, 5.41) is 9.27. The maximum Gasteiger partial charge on any atom is 0.249 e. The fourth-order valence-electron chi connectivity index (χ4n) is 1.52. The van der Waals surface area contributed by atoms with Crippen molar-refractivity contribution in [1.29, 1.82) is 0 Å². The summed E-state index contributed by atoms with van der Waals surface area (Å²) in [4.78, 5) is 11.7. The summed E-state index contributed by atoms with van der Waals surface area (Å²) in [5.74, 6) is 1.20. The Hall–Kier alpha value is -2.56. The zero-order valence-electron chi connectivity index (χ0n) is 10.8. The molecule has 2 rings (SSSR count). The minimum absolute atomic E-state index is 0.205. The Kier molecular flexibility index (Phi) is 3.97. The number of aromatic nitrogens is 2. The van der Waals surface area contributed by atoms with Gasteiger partial charge in [0.25, 0.3) is 0 Å². The molecule has 0 fully saturated rings. The van der Waals surface area contributed by atoms with Crippen molar-refractivity contribution in [2.45, 2.75) is 6.92 Å². The molecule has 5 nitrogen and oxygen atoms in total. The van der Waals surface area contributed by atoms with Crippen LogP contribution in [0.4, 0.5) is 5.82 Å². The van der Waals surface area contributed by atoms with Crippen molar-refractivity contribution in [2.75, 3.05) is 12.4 Å². The lowest BCUT2D eigenvalue weighted by molar-refractivity contribution is -0.111. The number of carbonyl (C=O) groups is 1. The van der Waals surface area contributed by atoms with Gasteiger partial charge in [0.2, 0.25) is 5.91 Å². The van der Waals surface area contributed by atoms with Crippen molar-refractivity contribution in [3.8, 4) is 5.75 Å². The third-order valence-corrected chi connectivity index (χ3v) is 2.62. The van der Waals surface area contributed by atoms with E-state index in [1.807, 2.05) is 31.2 Å². The highest BCUT2D eigenvalue weighted by Gasteiger charge is 2.02. The molecule has 2 aromatic rings. The van der Waals surface area contributed by atoms with Crippen molar-refractivity contribution in [1.82, 2.24) is 10.2 Å². The van der Waals surface area contributed by atoms with Crippen LogP contribution in [-0.4, -0.2) is 23.2 Å². The molecule has 5 heteroatoms. The molecule has 19 heavy (non-hydrogen) atoms. The van der Waals surface area contributed by atoms with Crippen LogP contribution in [0.5, 0.6) is 5.75 Å². The minimum atomic E-state index is -0.205. The lowest BCUT2D eigenvalue weighted by atomic mass is 10.2. The van der Waals surface area contributed by atoms with E-state index in [2.05, 4.69) is 15.5 Å². The topological polar surface area (TPSA) is 67.0 Å². The van der Waals surface area contributed by atoms with Crippen molar-refractivity contribution < 1.29 is 9.53 Å². The van der Waals surface area contributed by atoms with Crippen molar-refractivity contribution in [2.24, 2.45) is 0 Å². The van der Waals surface area contributed by atoms with Gasteiger partial charge in [-0.3, -0.25) is 9.89 Å². The van der Waals surface area contributed by atoms with Gasteiger partial charge in [-0.15, -0.1) is 0 Å². The predicted molar refractivity (Wildman–Crippen MR) is 74.0 cm³/mol. The Morgan fingerprint density at radius 2 is 2.11 bits per heavy atom. The van der Waals surface area contributed by atoms with Crippen LogP contribution in [0.2, 0.25) is 0 Å². The van der Waals surface area contributed by atoms with Gasteiger partial charge in [-0.05, 0) is 30.7 Å². The quantitative estimate of drug-likeness (QED) is 0.826. The Labute approximate surface area is 111 Å². The van der Waals surface area contributed by atoms with Gasteiger partial charge in [0, 0.05) is 11.6 Å². The normalized spacial score (nSPS) is 10.6. The summed E-state index contributed by atoms with van der Waals surface area (Å²) in [6.45, 7) is 1.87. The number of amides is 1. The second-order valence-electron chi connectivity index (χ2n) is 4.02. The fraction of sp³-hybridized carbons (Fsp3) is 0.143. The lowest BCUT2D eigenvalue weighted by Gasteiger charge is -2.00. The standard InChI is InChI=1S/C14H15N3O2/c1-10-9-15-17-14(10)16-13(18)8-5-11-3-6-12(19-2)7-4-11/h3-9H,1-2H3,(H2,15,16,17,18)/b8-5+. The molecule has 0 bridgehead atoms. The molecule has 0 aliphatic rings. The number of nitrogens with zero attached hydrogens (tertiary/aromatic N) is 1. The Balaban J connectivity index is 1.97. The first-order valence-electron chi connectivity index (χ1n) is 5.82. The highest BCUT2D eigenvalue weighted by molar-refractivity contribution is 6.01. The second kappa shape index (κ2) is 5.86. The van der Waals surface area contributed by atoms with Gasteiger partial charge in [0.1, 0.15) is 11.6 Å². The van der Waals surface area contributed by atoms with Crippen molar-refractivity contribution >= 4 is 17.8 Å². The summed E-state index contributed by atoms with van der Waals surface area (Å²) in [5.41, 5.74) is 1.82. The number of methoxy groups -OCH3 is 1. The molecule has 1 amide bonds. The van der Waals surface area contributed by atoms with Gasteiger partial charge in [0.15, 0.2) is 0 Å². The van der Waals surface area contributed by atoms with Crippen LogP contribution in [0.1, 0.15) is 11.1 Å². The molecule has 0 saturated carbocycles. The largest absolute Gasteiger partial charge is 0.497 e. The fourth-order valence-corrected chi connectivity index (χ4v) is 1.52. The number of H-pyrrole nitrogens is 1. The number of rotatable bonds is 4. The van der Waals surface area contributed by atoms with E-state index < -0.39 is 0 Å². The first-order chi connectivity index (χ1) is 9.19. The minimum Gasteiger partial charge on any atom is -0.497 e. The smallest absolute Gasteiger partial charge is 0.249 e. The molecular weight excluding hydrogens is 242 g/mol. The average Bonchev–Trinajstić information content (AvgIpc) is 2.82. The number of aromatic amines is 1. The van der Waals surface area contributed by atoms with E-state index >= 15 is 0 Å². The molecule has 0 saturated heterocycles. The summed E-state index contributed by atoms with van der Waals surface area (Å²) in [6.07, 6.45) is 4.87. The second-order valence-corrected chi connectivity index (χ2v) is 4.02. The molecule has 1 heterocycles. The van der Waals surface area contributed by atoms with Crippen molar-refractivity contribution in [3.63, 3.8) is 0 Å². The van der Waals surface area contributed by atoms with E-state index in [-0.39, 0.29) is 5.91 Å². The van der Waals surface area contributed by atoms with Gasteiger partial charge < -0.3 is 10.1 Å². The number of hydrogen-bond acceptors (Lipinski definition) is 3. The number of hydrogen-bond donors (Lipinski definition) is 2. The van der Waals surface area contributed by atoms with Gasteiger partial charge in [-0.25, -0.2) is 0 Å². The van der Waals surface area contributed by atoms with Crippen LogP contribution >= 0.6 is 0 Å². The summed E-state index contributed by atoms with van der Waals surface area (Å²) in [7, 11) is 1.62. The number of ether oxygens (including phenoxy) is 1. The third-order valence-electron chi connectivity index (χ3n) is 2.62. The van der Waals surface area contributed by atoms with Gasteiger partial charge in [-0.1, -0.05) is 12.1 Å². The number of anilines is 1. The number of nitrogens with one attached hydrogen (secondary N) is 2. The SMILES string of the molecule is COc1ccc(/C=C/C(=O)Nc2[nH]ncc2C)cc1. The molecule has 0 atom stereocenters. The maximum absolute atomic E-state index is 11.7. The molecule has 0 aliphatic heterocycles. The highest BCUT2D eigenvalue weighted by Crippen LogP contribution is 2.12. The molecule has 1 aromatic carbocycles. The van der Waals surface area contributed by atoms with Crippen molar-refractivity contribution in [3.05, 3.63) is 47.7 Å². The van der Waals surface area contributed by atoms with Crippen LogP contribution in [0, 0.1) is 6.92 Å².